The number of carbonyl (C=O) groups excluding carboxylic acids is 1. The Morgan fingerprint density at radius 1 is 1.29 bits per heavy atom. The van der Waals surface area contributed by atoms with Crippen LogP contribution >= 0.6 is 0 Å². The van der Waals surface area contributed by atoms with Gasteiger partial charge in [-0.05, 0) is 38.0 Å². The van der Waals surface area contributed by atoms with E-state index in [1.807, 2.05) is 24.3 Å². The summed E-state index contributed by atoms with van der Waals surface area (Å²) >= 11 is 0. The van der Waals surface area contributed by atoms with E-state index in [1.54, 1.807) is 0 Å². The van der Waals surface area contributed by atoms with Gasteiger partial charge in [0.15, 0.2) is 0 Å². The highest BCUT2D eigenvalue weighted by Crippen LogP contribution is 2.08. The van der Waals surface area contributed by atoms with Gasteiger partial charge in [-0.1, -0.05) is 12.1 Å². The first-order valence-electron chi connectivity index (χ1n) is 5.86. The topological polar surface area (TPSA) is 72.3 Å². The van der Waals surface area contributed by atoms with Gasteiger partial charge in [0.25, 0.3) is 0 Å². The predicted octanol–water partition coefficient (Wildman–Crippen LogP) is 1.01. The lowest BCUT2D eigenvalue weighted by Crippen LogP contribution is -2.39. The van der Waals surface area contributed by atoms with Gasteiger partial charge in [0.2, 0.25) is 5.91 Å². The van der Waals surface area contributed by atoms with Gasteiger partial charge in [-0.3, -0.25) is 9.69 Å². The fraction of sp³-hybridized carbons (Fsp3) is 0.462. The lowest BCUT2D eigenvalue weighted by atomic mass is 10.1. The van der Waals surface area contributed by atoms with E-state index < -0.39 is 0 Å². The smallest absolute Gasteiger partial charge is 0.231 e. The number of rotatable bonds is 6. The minimum absolute atomic E-state index is 0.281. The molecule has 0 aromatic heterocycles. The fourth-order valence-corrected chi connectivity index (χ4v) is 1.68. The van der Waals surface area contributed by atoms with E-state index in [1.165, 1.54) is 5.56 Å². The van der Waals surface area contributed by atoms with Crippen molar-refractivity contribution < 1.29 is 4.79 Å². The van der Waals surface area contributed by atoms with Crippen molar-refractivity contribution in [2.24, 2.45) is 5.73 Å². The minimum Gasteiger partial charge on any atom is -0.399 e. The maximum Gasteiger partial charge on any atom is 0.231 e. The highest BCUT2D eigenvalue weighted by molar-refractivity contribution is 5.75. The SMILES string of the molecule is CC(C)N(CCc1ccc(N)cc1)CC(N)=O. The van der Waals surface area contributed by atoms with E-state index in [0.29, 0.717) is 12.6 Å². The fourth-order valence-electron chi connectivity index (χ4n) is 1.68. The zero-order valence-corrected chi connectivity index (χ0v) is 10.5. The first-order chi connectivity index (χ1) is 7.99. The van der Waals surface area contributed by atoms with E-state index in [0.717, 1.165) is 18.7 Å². The van der Waals surface area contributed by atoms with E-state index in [4.69, 9.17) is 11.5 Å². The first-order valence-corrected chi connectivity index (χ1v) is 5.86. The summed E-state index contributed by atoms with van der Waals surface area (Å²) in [6.07, 6.45) is 0.895. The van der Waals surface area contributed by atoms with Gasteiger partial charge in [-0.2, -0.15) is 0 Å². The van der Waals surface area contributed by atoms with Crippen LogP contribution in [0.25, 0.3) is 0 Å². The number of carbonyl (C=O) groups is 1. The van der Waals surface area contributed by atoms with Crippen molar-refractivity contribution in [1.82, 2.24) is 4.90 Å². The van der Waals surface area contributed by atoms with Crippen LogP contribution in [0, 0.1) is 0 Å². The van der Waals surface area contributed by atoms with Crippen LogP contribution in [-0.4, -0.2) is 29.9 Å². The molecule has 1 aromatic rings. The Morgan fingerprint density at radius 3 is 2.35 bits per heavy atom. The number of anilines is 1. The first kappa shape index (κ1) is 13.5. The Labute approximate surface area is 103 Å². The molecule has 0 saturated heterocycles. The molecule has 0 fully saturated rings. The summed E-state index contributed by atoms with van der Waals surface area (Å²) < 4.78 is 0. The number of amides is 1. The summed E-state index contributed by atoms with van der Waals surface area (Å²) in [5, 5.41) is 0. The second-order valence-electron chi connectivity index (χ2n) is 4.52. The number of hydrogen-bond acceptors (Lipinski definition) is 3. The molecule has 0 unspecified atom stereocenters. The zero-order chi connectivity index (χ0) is 12.8. The third-order valence-electron chi connectivity index (χ3n) is 2.76. The average Bonchev–Trinajstić information content (AvgIpc) is 2.25. The third kappa shape index (κ3) is 4.87. The van der Waals surface area contributed by atoms with Crippen molar-refractivity contribution in [3.63, 3.8) is 0 Å². The predicted molar refractivity (Wildman–Crippen MR) is 70.5 cm³/mol. The molecule has 17 heavy (non-hydrogen) atoms. The number of nitrogen functional groups attached to an aromatic ring is 1. The van der Waals surface area contributed by atoms with Crippen LogP contribution in [0.15, 0.2) is 24.3 Å². The quantitative estimate of drug-likeness (QED) is 0.723. The molecule has 0 atom stereocenters. The van der Waals surface area contributed by atoms with Crippen LogP contribution in [0.3, 0.4) is 0 Å². The number of hydrogen-bond donors (Lipinski definition) is 2. The van der Waals surface area contributed by atoms with Gasteiger partial charge in [-0.25, -0.2) is 0 Å². The summed E-state index contributed by atoms with van der Waals surface area (Å²) in [7, 11) is 0. The third-order valence-corrected chi connectivity index (χ3v) is 2.76. The Bertz CT molecular complexity index is 359. The number of nitrogens with two attached hydrogens (primary N) is 2. The molecule has 0 radical (unpaired) electrons. The van der Waals surface area contributed by atoms with Crippen LogP contribution in [0.2, 0.25) is 0 Å². The van der Waals surface area contributed by atoms with Crippen molar-refractivity contribution in [3.05, 3.63) is 29.8 Å². The van der Waals surface area contributed by atoms with E-state index in [-0.39, 0.29) is 5.91 Å². The van der Waals surface area contributed by atoms with Crippen LogP contribution in [0.1, 0.15) is 19.4 Å². The molecule has 0 aliphatic carbocycles. The summed E-state index contributed by atoms with van der Waals surface area (Å²) in [6, 6.07) is 8.12. The van der Waals surface area contributed by atoms with Crippen molar-refractivity contribution >= 4 is 11.6 Å². The summed E-state index contributed by atoms with van der Waals surface area (Å²) in [4.78, 5) is 13.0. The molecule has 4 heteroatoms. The lowest BCUT2D eigenvalue weighted by Gasteiger charge is -2.24. The molecular weight excluding hydrogens is 214 g/mol. The van der Waals surface area contributed by atoms with Crippen molar-refractivity contribution in [1.29, 1.82) is 0 Å². The van der Waals surface area contributed by atoms with E-state index >= 15 is 0 Å². The molecule has 1 amide bonds. The second-order valence-corrected chi connectivity index (χ2v) is 4.52. The molecule has 4 N–H and O–H groups in total. The largest absolute Gasteiger partial charge is 0.399 e. The molecule has 94 valence electrons. The summed E-state index contributed by atoms with van der Waals surface area (Å²) in [5.41, 5.74) is 12.8. The number of nitrogens with zero attached hydrogens (tertiary/aromatic N) is 1. The van der Waals surface area contributed by atoms with Crippen molar-refractivity contribution in [3.8, 4) is 0 Å². The monoisotopic (exact) mass is 235 g/mol. The molecule has 0 bridgehead atoms. The van der Waals surface area contributed by atoms with Crippen molar-refractivity contribution in [2.75, 3.05) is 18.8 Å². The van der Waals surface area contributed by atoms with Gasteiger partial charge >= 0.3 is 0 Å². The number of benzene rings is 1. The molecule has 0 spiro atoms. The normalized spacial score (nSPS) is 11.1. The van der Waals surface area contributed by atoms with Gasteiger partial charge < -0.3 is 11.5 Å². The molecule has 0 saturated carbocycles. The van der Waals surface area contributed by atoms with E-state index in [2.05, 4.69) is 18.7 Å². The van der Waals surface area contributed by atoms with Gasteiger partial charge in [-0.15, -0.1) is 0 Å². The van der Waals surface area contributed by atoms with Crippen LogP contribution < -0.4 is 11.5 Å². The Morgan fingerprint density at radius 2 is 1.88 bits per heavy atom. The maximum absolute atomic E-state index is 10.9. The van der Waals surface area contributed by atoms with E-state index in [9.17, 15) is 4.79 Å². The molecule has 1 rings (SSSR count). The van der Waals surface area contributed by atoms with Crippen LogP contribution in [0.5, 0.6) is 0 Å². The van der Waals surface area contributed by atoms with Crippen LogP contribution in [0.4, 0.5) is 5.69 Å². The maximum atomic E-state index is 10.9. The Balaban J connectivity index is 2.51. The van der Waals surface area contributed by atoms with Gasteiger partial charge in [0.1, 0.15) is 0 Å². The summed E-state index contributed by atoms with van der Waals surface area (Å²) in [5.74, 6) is -0.281. The van der Waals surface area contributed by atoms with Crippen LogP contribution in [-0.2, 0) is 11.2 Å². The molecule has 0 aliphatic heterocycles. The highest BCUT2D eigenvalue weighted by Gasteiger charge is 2.11. The summed E-state index contributed by atoms with van der Waals surface area (Å²) in [6.45, 7) is 5.26. The Hall–Kier alpha value is -1.55. The second kappa shape index (κ2) is 6.25. The average molecular weight is 235 g/mol. The molecular formula is C13H21N3O. The van der Waals surface area contributed by atoms with Crippen molar-refractivity contribution in [2.45, 2.75) is 26.3 Å². The lowest BCUT2D eigenvalue weighted by molar-refractivity contribution is -0.119. The zero-order valence-electron chi connectivity index (χ0n) is 10.5. The van der Waals surface area contributed by atoms with Gasteiger partial charge in [0.05, 0.1) is 6.54 Å². The molecule has 0 heterocycles. The molecule has 4 nitrogen and oxygen atoms in total. The van der Waals surface area contributed by atoms with Gasteiger partial charge in [0, 0.05) is 18.3 Å². The Kier molecular flexibility index (Phi) is 4.97. The highest BCUT2D eigenvalue weighted by atomic mass is 16.1. The molecule has 1 aromatic carbocycles. The number of primary amides is 1. The minimum atomic E-state index is -0.281. The molecule has 0 aliphatic rings. The standard InChI is InChI=1S/C13H21N3O/c1-10(2)16(9-13(15)17)8-7-11-3-5-12(14)6-4-11/h3-6,10H,7-9,14H2,1-2H3,(H2,15,17).